The van der Waals surface area contributed by atoms with Gasteiger partial charge in [0.25, 0.3) is 5.91 Å². The fourth-order valence-corrected chi connectivity index (χ4v) is 3.64. The second-order valence-electron chi connectivity index (χ2n) is 5.41. The highest BCUT2D eigenvalue weighted by atomic mass is 79.9. The van der Waals surface area contributed by atoms with Crippen LogP contribution in [0.2, 0.25) is 0 Å². The van der Waals surface area contributed by atoms with E-state index in [0.717, 1.165) is 13.0 Å². The van der Waals surface area contributed by atoms with Crippen molar-refractivity contribution in [3.05, 3.63) is 23.8 Å². The highest BCUT2D eigenvalue weighted by Crippen LogP contribution is 2.32. The monoisotopic (exact) mass is 339 g/mol. The van der Waals surface area contributed by atoms with E-state index in [4.69, 9.17) is 9.47 Å². The van der Waals surface area contributed by atoms with Crippen LogP contribution in [-0.4, -0.2) is 24.1 Å². The standard InChI is InChI=1S/C15H18BrNO3/c16-12-3-1-2-10(6-12)8-17-15(18)11-4-5-13-14(7-11)20-9-19-13/h4-5,7,10,12H,1-3,6,8-9H2,(H,17,18). The Balaban J connectivity index is 1.56. The third kappa shape index (κ3) is 3.08. The molecule has 0 aromatic heterocycles. The molecule has 0 spiro atoms. The quantitative estimate of drug-likeness (QED) is 0.860. The number of alkyl halides is 1. The molecule has 0 bridgehead atoms. The summed E-state index contributed by atoms with van der Waals surface area (Å²) in [7, 11) is 0. The average Bonchev–Trinajstić information content (AvgIpc) is 2.92. The molecule has 1 aromatic carbocycles. The van der Waals surface area contributed by atoms with E-state index >= 15 is 0 Å². The molecule has 1 aliphatic carbocycles. The van der Waals surface area contributed by atoms with Gasteiger partial charge in [-0.2, -0.15) is 0 Å². The highest BCUT2D eigenvalue weighted by Gasteiger charge is 2.21. The smallest absolute Gasteiger partial charge is 0.251 e. The number of amides is 1. The molecule has 1 saturated carbocycles. The lowest BCUT2D eigenvalue weighted by Crippen LogP contribution is -2.31. The molecule has 0 radical (unpaired) electrons. The predicted molar refractivity (Wildman–Crippen MR) is 79.6 cm³/mol. The molecule has 1 heterocycles. The van der Waals surface area contributed by atoms with E-state index in [1.807, 2.05) is 0 Å². The molecule has 1 aromatic rings. The van der Waals surface area contributed by atoms with Crippen LogP contribution in [0.15, 0.2) is 18.2 Å². The van der Waals surface area contributed by atoms with Crippen molar-refractivity contribution in [2.45, 2.75) is 30.5 Å². The van der Waals surface area contributed by atoms with Crippen LogP contribution >= 0.6 is 15.9 Å². The Labute approximate surface area is 127 Å². The molecule has 5 heteroatoms. The van der Waals surface area contributed by atoms with Crippen LogP contribution in [0.25, 0.3) is 0 Å². The van der Waals surface area contributed by atoms with Gasteiger partial charge in [-0.1, -0.05) is 22.4 Å². The molecule has 1 N–H and O–H groups in total. The van der Waals surface area contributed by atoms with Gasteiger partial charge in [-0.05, 0) is 43.4 Å². The number of fused-ring (bicyclic) bond motifs is 1. The summed E-state index contributed by atoms with van der Waals surface area (Å²) in [5.74, 6) is 1.89. The van der Waals surface area contributed by atoms with Gasteiger partial charge in [-0.15, -0.1) is 0 Å². The number of halogens is 1. The third-order valence-corrected chi connectivity index (χ3v) is 4.74. The van der Waals surface area contributed by atoms with E-state index in [9.17, 15) is 4.79 Å². The summed E-state index contributed by atoms with van der Waals surface area (Å²) in [6, 6.07) is 5.30. The van der Waals surface area contributed by atoms with E-state index in [1.54, 1.807) is 18.2 Å². The van der Waals surface area contributed by atoms with Crippen molar-refractivity contribution in [2.24, 2.45) is 5.92 Å². The van der Waals surface area contributed by atoms with Crippen LogP contribution in [0.5, 0.6) is 11.5 Å². The van der Waals surface area contributed by atoms with E-state index < -0.39 is 0 Å². The summed E-state index contributed by atoms with van der Waals surface area (Å²) in [6.07, 6.45) is 4.82. The van der Waals surface area contributed by atoms with E-state index in [-0.39, 0.29) is 12.7 Å². The molecule has 4 nitrogen and oxygen atoms in total. The van der Waals surface area contributed by atoms with Gasteiger partial charge in [-0.3, -0.25) is 4.79 Å². The van der Waals surface area contributed by atoms with Crippen molar-refractivity contribution >= 4 is 21.8 Å². The molecule has 2 aliphatic rings. The van der Waals surface area contributed by atoms with Crippen molar-refractivity contribution in [3.8, 4) is 11.5 Å². The molecule has 0 saturated heterocycles. The topological polar surface area (TPSA) is 47.6 Å². The molecule has 20 heavy (non-hydrogen) atoms. The second kappa shape index (κ2) is 6.04. The van der Waals surface area contributed by atoms with Gasteiger partial charge < -0.3 is 14.8 Å². The first-order chi connectivity index (χ1) is 9.72. The number of nitrogens with one attached hydrogen (secondary N) is 1. The summed E-state index contributed by atoms with van der Waals surface area (Å²) in [5, 5.41) is 3.02. The van der Waals surface area contributed by atoms with E-state index in [0.29, 0.717) is 27.8 Å². The van der Waals surface area contributed by atoms with Crippen LogP contribution in [0.4, 0.5) is 0 Å². The van der Waals surface area contributed by atoms with Gasteiger partial charge in [-0.25, -0.2) is 0 Å². The molecule has 2 atom stereocenters. The molecule has 1 fully saturated rings. The maximum atomic E-state index is 12.1. The minimum absolute atomic E-state index is 0.0417. The van der Waals surface area contributed by atoms with Crippen LogP contribution < -0.4 is 14.8 Å². The zero-order valence-electron chi connectivity index (χ0n) is 11.2. The Hall–Kier alpha value is -1.23. The van der Waals surface area contributed by atoms with Crippen LogP contribution in [0.1, 0.15) is 36.0 Å². The largest absolute Gasteiger partial charge is 0.454 e. The second-order valence-corrected chi connectivity index (χ2v) is 6.70. The Kier molecular flexibility index (Phi) is 4.15. The minimum atomic E-state index is -0.0417. The number of carbonyl (C=O) groups is 1. The summed E-state index contributed by atoms with van der Waals surface area (Å²) in [5.41, 5.74) is 0.625. The summed E-state index contributed by atoms with van der Waals surface area (Å²) >= 11 is 3.67. The fraction of sp³-hybridized carbons (Fsp3) is 0.533. The fourth-order valence-electron chi connectivity index (χ4n) is 2.79. The molecular formula is C15H18BrNO3. The Bertz CT molecular complexity index is 506. The van der Waals surface area contributed by atoms with E-state index in [1.165, 1.54) is 19.3 Å². The number of benzene rings is 1. The van der Waals surface area contributed by atoms with Crippen molar-refractivity contribution in [2.75, 3.05) is 13.3 Å². The van der Waals surface area contributed by atoms with Gasteiger partial charge >= 0.3 is 0 Å². The van der Waals surface area contributed by atoms with Crippen molar-refractivity contribution in [1.82, 2.24) is 5.32 Å². The number of carbonyl (C=O) groups excluding carboxylic acids is 1. The maximum Gasteiger partial charge on any atom is 0.251 e. The van der Waals surface area contributed by atoms with Crippen LogP contribution in [0.3, 0.4) is 0 Å². The summed E-state index contributed by atoms with van der Waals surface area (Å²) in [4.78, 5) is 12.8. The van der Waals surface area contributed by atoms with Crippen LogP contribution in [-0.2, 0) is 0 Å². The first kappa shape index (κ1) is 13.7. The van der Waals surface area contributed by atoms with Gasteiger partial charge in [0, 0.05) is 16.9 Å². The lowest BCUT2D eigenvalue weighted by Gasteiger charge is -2.25. The zero-order chi connectivity index (χ0) is 13.9. The average molecular weight is 340 g/mol. The minimum Gasteiger partial charge on any atom is -0.454 e. The third-order valence-electron chi connectivity index (χ3n) is 3.90. The van der Waals surface area contributed by atoms with Crippen molar-refractivity contribution < 1.29 is 14.3 Å². The SMILES string of the molecule is O=C(NCC1CCCC(Br)C1)c1ccc2c(c1)OCO2. The van der Waals surface area contributed by atoms with Gasteiger partial charge in [0.05, 0.1) is 0 Å². The normalized spacial score (nSPS) is 24.4. The lowest BCUT2D eigenvalue weighted by molar-refractivity contribution is 0.0943. The Morgan fingerprint density at radius 1 is 1.30 bits per heavy atom. The molecule has 2 unspecified atom stereocenters. The first-order valence-electron chi connectivity index (χ1n) is 7.04. The lowest BCUT2D eigenvalue weighted by atomic mass is 9.89. The predicted octanol–water partition coefficient (Wildman–Crippen LogP) is 3.10. The molecular weight excluding hydrogens is 322 g/mol. The van der Waals surface area contributed by atoms with Crippen molar-refractivity contribution in [3.63, 3.8) is 0 Å². The van der Waals surface area contributed by atoms with Crippen LogP contribution in [0, 0.1) is 5.92 Å². The van der Waals surface area contributed by atoms with E-state index in [2.05, 4.69) is 21.2 Å². The van der Waals surface area contributed by atoms with Crippen molar-refractivity contribution in [1.29, 1.82) is 0 Å². The number of ether oxygens (including phenoxy) is 2. The zero-order valence-corrected chi connectivity index (χ0v) is 12.8. The highest BCUT2D eigenvalue weighted by molar-refractivity contribution is 9.09. The molecule has 3 rings (SSSR count). The Morgan fingerprint density at radius 3 is 3.00 bits per heavy atom. The number of rotatable bonds is 3. The number of hydrogen-bond acceptors (Lipinski definition) is 3. The maximum absolute atomic E-state index is 12.1. The van der Waals surface area contributed by atoms with Gasteiger partial charge in [0.2, 0.25) is 6.79 Å². The molecule has 1 amide bonds. The molecule has 108 valence electrons. The summed E-state index contributed by atoms with van der Waals surface area (Å²) in [6.45, 7) is 0.977. The Morgan fingerprint density at radius 2 is 2.15 bits per heavy atom. The molecule has 1 aliphatic heterocycles. The number of hydrogen-bond donors (Lipinski definition) is 1. The van der Waals surface area contributed by atoms with Gasteiger partial charge in [0.1, 0.15) is 0 Å². The van der Waals surface area contributed by atoms with Gasteiger partial charge in [0.15, 0.2) is 11.5 Å². The summed E-state index contributed by atoms with van der Waals surface area (Å²) < 4.78 is 10.5. The first-order valence-corrected chi connectivity index (χ1v) is 7.96.